The predicted molar refractivity (Wildman–Crippen MR) is 83.8 cm³/mol. The third kappa shape index (κ3) is 4.24. The Morgan fingerprint density at radius 3 is 2.62 bits per heavy atom. The van der Waals surface area contributed by atoms with E-state index in [2.05, 4.69) is 6.92 Å². The largest absolute Gasteiger partial charge is 0.478 e. The molecule has 1 aromatic rings. The molecular formula is C16H21NO3S. The quantitative estimate of drug-likeness (QED) is 0.869. The highest BCUT2D eigenvalue weighted by Gasteiger charge is 2.20. The fourth-order valence-corrected chi connectivity index (χ4v) is 3.25. The summed E-state index contributed by atoms with van der Waals surface area (Å²) in [6.07, 6.45) is 2.15. The number of benzene rings is 1. The predicted octanol–water partition coefficient (Wildman–Crippen LogP) is 3.04. The Kier molecular flexibility index (Phi) is 5.28. The Hall–Kier alpha value is -1.49. The molecule has 0 saturated carbocycles. The van der Waals surface area contributed by atoms with E-state index >= 15 is 0 Å². The van der Waals surface area contributed by atoms with E-state index in [0.717, 1.165) is 36.4 Å². The molecule has 0 radical (unpaired) electrons. The van der Waals surface area contributed by atoms with E-state index < -0.39 is 5.97 Å². The van der Waals surface area contributed by atoms with Crippen molar-refractivity contribution in [1.82, 2.24) is 4.90 Å². The first kappa shape index (κ1) is 15.9. The van der Waals surface area contributed by atoms with Gasteiger partial charge in [0, 0.05) is 18.0 Å². The summed E-state index contributed by atoms with van der Waals surface area (Å²) in [5.41, 5.74) is 1.04. The molecule has 1 amide bonds. The van der Waals surface area contributed by atoms with Crippen molar-refractivity contribution < 1.29 is 14.7 Å². The number of aryl methyl sites for hydroxylation is 1. The Balaban J connectivity index is 1.92. The maximum atomic E-state index is 12.2. The average molecular weight is 307 g/mol. The molecule has 0 spiro atoms. The molecule has 0 bridgehead atoms. The smallest absolute Gasteiger partial charge is 0.335 e. The van der Waals surface area contributed by atoms with Crippen LogP contribution in [0.15, 0.2) is 23.1 Å². The molecule has 5 heteroatoms. The molecule has 0 aliphatic carbocycles. The first-order valence-corrected chi connectivity index (χ1v) is 8.20. The molecule has 1 aromatic carbocycles. The summed E-state index contributed by atoms with van der Waals surface area (Å²) in [6, 6.07) is 5.31. The second-order valence-corrected chi connectivity index (χ2v) is 6.68. The minimum atomic E-state index is -0.925. The second kappa shape index (κ2) is 6.98. The fraction of sp³-hybridized carbons (Fsp3) is 0.500. The van der Waals surface area contributed by atoms with E-state index in [0.29, 0.717) is 17.2 Å². The Labute approximate surface area is 129 Å². The van der Waals surface area contributed by atoms with Gasteiger partial charge in [0.25, 0.3) is 0 Å². The number of carboxylic acid groups (broad SMARTS) is 1. The molecule has 0 unspecified atom stereocenters. The summed E-state index contributed by atoms with van der Waals surface area (Å²) >= 11 is 1.41. The lowest BCUT2D eigenvalue weighted by Crippen LogP contribution is -2.38. The number of rotatable bonds is 4. The van der Waals surface area contributed by atoms with Crippen LogP contribution in [-0.4, -0.2) is 40.7 Å². The number of hydrogen-bond donors (Lipinski definition) is 1. The van der Waals surface area contributed by atoms with Crippen molar-refractivity contribution >= 4 is 23.6 Å². The highest BCUT2D eigenvalue weighted by atomic mass is 32.2. The number of thioether (sulfide) groups is 1. The maximum absolute atomic E-state index is 12.2. The van der Waals surface area contributed by atoms with Crippen LogP contribution in [0.25, 0.3) is 0 Å². The monoisotopic (exact) mass is 307 g/mol. The van der Waals surface area contributed by atoms with Crippen molar-refractivity contribution in [2.75, 3.05) is 18.8 Å². The highest BCUT2D eigenvalue weighted by Crippen LogP contribution is 2.23. The van der Waals surface area contributed by atoms with E-state index in [-0.39, 0.29) is 5.91 Å². The van der Waals surface area contributed by atoms with Gasteiger partial charge < -0.3 is 10.0 Å². The maximum Gasteiger partial charge on any atom is 0.335 e. The minimum Gasteiger partial charge on any atom is -0.478 e. The van der Waals surface area contributed by atoms with Gasteiger partial charge in [-0.3, -0.25) is 4.79 Å². The third-order valence-corrected chi connectivity index (χ3v) is 4.92. The van der Waals surface area contributed by atoms with Gasteiger partial charge in [-0.2, -0.15) is 0 Å². The number of likely N-dealkylation sites (tertiary alicyclic amines) is 1. The van der Waals surface area contributed by atoms with Crippen LogP contribution in [0, 0.1) is 12.8 Å². The Morgan fingerprint density at radius 1 is 1.33 bits per heavy atom. The number of amides is 1. The minimum absolute atomic E-state index is 0.143. The van der Waals surface area contributed by atoms with Crippen LogP contribution in [0.1, 0.15) is 35.7 Å². The molecule has 1 aliphatic heterocycles. The number of piperidine rings is 1. The van der Waals surface area contributed by atoms with Crippen molar-refractivity contribution in [3.8, 4) is 0 Å². The Morgan fingerprint density at radius 2 is 2.00 bits per heavy atom. The molecule has 2 rings (SSSR count). The molecule has 1 saturated heterocycles. The summed E-state index contributed by atoms with van der Waals surface area (Å²) < 4.78 is 0. The molecule has 0 atom stereocenters. The SMILES string of the molecule is Cc1ccc(SCC(=O)N2CCC(C)CC2)cc1C(=O)O. The van der Waals surface area contributed by atoms with Gasteiger partial charge in [-0.25, -0.2) is 4.79 Å². The second-order valence-electron chi connectivity index (χ2n) is 5.63. The van der Waals surface area contributed by atoms with Crippen LogP contribution in [0.5, 0.6) is 0 Å². The van der Waals surface area contributed by atoms with Crippen LogP contribution in [-0.2, 0) is 4.79 Å². The van der Waals surface area contributed by atoms with Crippen LogP contribution in [0.4, 0.5) is 0 Å². The lowest BCUT2D eigenvalue weighted by Gasteiger charge is -2.30. The number of carboxylic acids is 1. The number of carbonyl (C=O) groups is 2. The van der Waals surface area contributed by atoms with Gasteiger partial charge in [0.1, 0.15) is 0 Å². The van der Waals surface area contributed by atoms with Gasteiger partial charge in [-0.15, -0.1) is 11.8 Å². The fourth-order valence-electron chi connectivity index (χ4n) is 2.42. The standard InChI is InChI=1S/C16H21NO3S/c1-11-5-7-17(8-6-11)15(18)10-21-13-4-3-12(2)14(9-13)16(19)20/h3-4,9,11H,5-8,10H2,1-2H3,(H,19,20). The van der Waals surface area contributed by atoms with E-state index in [1.807, 2.05) is 11.0 Å². The molecule has 4 nitrogen and oxygen atoms in total. The van der Waals surface area contributed by atoms with Crippen molar-refractivity contribution in [1.29, 1.82) is 0 Å². The van der Waals surface area contributed by atoms with Gasteiger partial charge in [-0.05, 0) is 43.4 Å². The van der Waals surface area contributed by atoms with Crippen molar-refractivity contribution in [3.05, 3.63) is 29.3 Å². The molecule has 0 aromatic heterocycles. The molecular weight excluding hydrogens is 286 g/mol. The van der Waals surface area contributed by atoms with Crippen LogP contribution in [0.3, 0.4) is 0 Å². The first-order chi connectivity index (χ1) is 9.97. The summed E-state index contributed by atoms with van der Waals surface area (Å²) in [7, 11) is 0. The molecule has 1 aliphatic rings. The summed E-state index contributed by atoms with van der Waals surface area (Å²) in [6.45, 7) is 5.68. The van der Waals surface area contributed by atoms with E-state index in [9.17, 15) is 9.59 Å². The molecule has 114 valence electrons. The van der Waals surface area contributed by atoms with Crippen molar-refractivity contribution in [3.63, 3.8) is 0 Å². The lowest BCUT2D eigenvalue weighted by molar-refractivity contribution is -0.129. The molecule has 21 heavy (non-hydrogen) atoms. The lowest BCUT2D eigenvalue weighted by atomic mass is 9.99. The van der Waals surface area contributed by atoms with E-state index in [1.165, 1.54) is 11.8 Å². The van der Waals surface area contributed by atoms with E-state index in [4.69, 9.17) is 5.11 Å². The number of hydrogen-bond acceptors (Lipinski definition) is 3. The highest BCUT2D eigenvalue weighted by molar-refractivity contribution is 8.00. The summed E-state index contributed by atoms with van der Waals surface area (Å²) in [4.78, 5) is 26.0. The average Bonchev–Trinajstić information content (AvgIpc) is 2.46. The Bertz CT molecular complexity index is 536. The van der Waals surface area contributed by atoms with Gasteiger partial charge in [0.05, 0.1) is 11.3 Å². The zero-order chi connectivity index (χ0) is 15.4. The van der Waals surface area contributed by atoms with Crippen LogP contribution in [0.2, 0.25) is 0 Å². The van der Waals surface area contributed by atoms with Gasteiger partial charge in [0.2, 0.25) is 5.91 Å². The third-order valence-electron chi connectivity index (χ3n) is 3.94. The van der Waals surface area contributed by atoms with Gasteiger partial charge in [-0.1, -0.05) is 13.0 Å². The topological polar surface area (TPSA) is 57.6 Å². The van der Waals surface area contributed by atoms with Crippen molar-refractivity contribution in [2.24, 2.45) is 5.92 Å². The molecule has 1 fully saturated rings. The molecule has 1 N–H and O–H groups in total. The number of aromatic carboxylic acids is 1. The van der Waals surface area contributed by atoms with E-state index in [1.54, 1.807) is 19.1 Å². The van der Waals surface area contributed by atoms with Crippen LogP contribution >= 0.6 is 11.8 Å². The number of carbonyl (C=O) groups excluding carboxylic acids is 1. The van der Waals surface area contributed by atoms with Crippen LogP contribution < -0.4 is 0 Å². The van der Waals surface area contributed by atoms with Gasteiger partial charge >= 0.3 is 5.97 Å². The number of nitrogens with zero attached hydrogens (tertiary/aromatic N) is 1. The zero-order valence-electron chi connectivity index (χ0n) is 12.5. The zero-order valence-corrected chi connectivity index (χ0v) is 13.3. The molecule has 1 heterocycles. The summed E-state index contributed by atoms with van der Waals surface area (Å²) in [5.74, 6) is 0.295. The van der Waals surface area contributed by atoms with Crippen molar-refractivity contribution in [2.45, 2.75) is 31.6 Å². The summed E-state index contributed by atoms with van der Waals surface area (Å²) in [5, 5.41) is 9.11. The normalized spacial score (nSPS) is 16.0. The first-order valence-electron chi connectivity index (χ1n) is 7.22. The van der Waals surface area contributed by atoms with Gasteiger partial charge in [0.15, 0.2) is 0 Å².